The van der Waals surface area contributed by atoms with Gasteiger partial charge in [-0.15, -0.1) is 0 Å². The van der Waals surface area contributed by atoms with Gasteiger partial charge in [0.15, 0.2) is 0 Å². The zero-order valence-corrected chi connectivity index (χ0v) is 18.2. The summed E-state index contributed by atoms with van der Waals surface area (Å²) in [5.41, 5.74) is 1.10. The van der Waals surface area contributed by atoms with Gasteiger partial charge in [0, 0.05) is 42.3 Å². The van der Waals surface area contributed by atoms with E-state index in [9.17, 15) is 18.8 Å². The maximum absolute atomic E-state index is 14.4. The van der Waals surface area contributed by atoms with E-state index in [1.807, 2.05) is 32.0 Å². The summed E-state index contributed by atoms with van der Waals surface area (Å²) >= 11 is 0. The van der Waals surface area contributed by atoms with E-state index in [0.29, 0.717) is 30.6 Å². The van der Waals surface area contributed by atoms with Crippen molar-refractivity contribution in [1.29, 1.82) is 0 Å². The van der Waals surface area contributed by atoms with Crippen LogP contribution in [-0.4, -0.2) is 58.1 Å². The minimum atomic E-state index is -0.738. The molecule has 2 heterocycles. The van der Waals surface area contributed by atoms with Gasteiger partial charge in [0.1, 0.15) is 5.82 Å². The number of carbonyl (C=O) groups excluding carboxylic acids is 3. The SMILES string of the molecule is CC(C)CC1CN(C(=O)c2ccccc2)CCN1C(=O)C(=O)c1c[nH]c2cccc(F)c12. The third-order valence-corrected chi connectivity index (χ3v) is 5.89. The number of fused-ring (bicyclic) bond motifs is 1. The van der Waals surface area contributed by atoms with Crippen molar-refractivity contribution in [1.82, 2.24) is 14.8 Å². The van der Waals surface area contributed by atoms with Gasteiger partial charge < -0.3 is 14.8 Å². The lowest BCUT2D eigenvalue weighted by molar-refractivity contribution is -0.131. The fourth-order valence-corrected chi connectivity index (χ4v) is 4.38. The summed E-state index contributed by atoms with van der Waals surface area (Å²) in [6, 6.07) is 13.2. The average molecular weight is 435 g/mol. The highest BCUT2D eigenvalue weighted by atomic mass is 19.1. The molecular formula is C25H26FN3O3. The van der Waals surface area contributed by atoms with E-state index in [2.05, 4.69) is 4.98 Å². The van der Waals surface area contributed by atoms with Crippen molar-refractivity contribution in [2.75, 3.05) is 19.6 Å². The summed E-state index contributed by atoms with van der Waals surface area (Å²) < 4.78 is 14.4. The predicted molar refractivity (Wildman–Crippen MR) is 120 cm³/mol. The number of nitrogens with zero attached hydrogens (tertiary/aromatic N) is 2. The van der Waals surface area contributed by atoms with Gasteiger partial charge in [-0.3, -0.25) is 14.4 Å². The van der Waals surface area contributed by atoms with Crippen molar-refractivity contribution in [3.05, 3.63) is 71.7 Å². The number of aromatic nitrogens is 1. The zero-order chi connectivity index (χ0) is 22.8. The van der Waals surface area contributed by atoms with Gasteiger partial charge in [-0.2, -0.15) is 0 Å². The molecule has 166 valence electrons. The number of amides is 2. The highest BCUT2D eigenvalue weighted by Crippen LogP contribution is 2.25. The number of nitrogens with one attached hydrogen (secondary N) is 1. The number of carbonyl (C=O) groups is 3. The summed E-state index contributed by atoms with van der Waals surface area (Å²) in [5.74, 6) is -1.76. The fourth-order valence-electron chi connectivity index (χ4n) is 4.38. The number of rotatable bonds is 5. The Bertz CT molecular complexity index is 1160. The van der Waals surface area contributed by atoms with Crippen molar-refractivity contribution in [2.24, 2.45) is 5.92 Å². The van der Waals surface area contributed by atoms with Crippen molar-refractivity contribution >= 4 is 28.5 Å². The van der Waals surface area contributed by atoms with Gasteiger partial charge in [0.2, 0.25) is 0 Å². The molecule has 2 amide bonds. The lowest BCUT2D eigenvalue weighted by Gasteiger charge is -2.42. The molecule has 1 aliphatic rings. The number of Topliss-reactive ketones (excluding diaryl/α,β-unsaturated/α-hetero) is 1. The first-order valence-corrected chi connectivity index (χ1v) is 10.8. The summed E-state index contributed by atoms with van der Waals surface area (Å²) in [5, 5.41) is 0.129. The Balaban J connectivity index is 1.57. The molecule has 2 aromatic carbocycles. The Kier molecular flexibility index (Phi) is 6.08. The maximum atomic E-state index is 14.4. The topological polar surface area (TPSA) is 73.5 Å². The van der Waals surface area contributed by atoms with Gasteiger partial charge in [-0.25, -0.2) is 4.39 Å². The van der Waals surface area contributed by atoms with Gasteiger partial charge >= 0.3 is 0 Å². The summed E-state index contributed by atoms with van der Waals surface area (Å²) in [7, 11) is 0. The molecule has 1 saturated heterocycles. The molecule has 0 saturated carbocycles. The lowest BCUT2D eigenvalue weighted by atomic mass is 9.98. The first-order valence-electron chi connectivity index (χ1n) is 10.8. The van der Waals surface area contributed by atoms with Crippen LogP contribution in [0.1, 0.15) is 41.0 Å². The number of aromatic amines is 1. The lowest BCUT2D eigenvalue weighted by Crippen LogP contribution is -2.58. The average Bonchev–Trinajstić information content (AvgIpc) is 3.23. The summed E-state index contributed by atoms with van der Waals surface area (Å²) in [4.78, 5) is 45.4. The minimum Gasteiger partial charge on any atom is -0.360 e. The van der Waals surface area contributed by atoms with Crippen molar-refractivity contribution in [2.45, 2.75) is 26.3 Å². The van der Waals surface area contributed by atoms with Crippen LogP contribution in [0.4, 0.5) is 4.39 Å². The Morgan fingerprint density at radius 2 is 1.81 bits per heavy atom. The normalized spacial score (nSPS) is 16.6. The van der Waals surface area contributed by atoms with Gasteiger partial charge in [-0.05, 0) is 36.6 Å². The third-order valence-electron chi connectivity index (χ3n) is 5.89. The maximum Gasteiger partial charge on any atom is 0.295 e. The Morgan fingerprint density at radius 1 is 1.06 bits per heavy atom. The van der Waals surface area contributed by atoms with Crippen LogP contribution < -0.4 is 0 Å². The van der Waals surface area contributed by atoms with Gasteiger partial charge in [0.25, 0.3) is 17.6 Å². The van der Waals surface area contributed by atoms with Crippen LogP contribution in [0.25, 0.3) is 10.9 Å². The highest BCUT2D eigenvalue weighted by Gasteiger charge is 2.36. The van der Waals surface area contributed by atoms with Crippen LogP contribution in [-0.2, 0) is 4.79 Å². The van der Waals surface area contributed by atoms with Gasteiger partial charge in [0.05, 0.1) is 11.6 Å². The molecule has 1 atom stereocenters. The Morgan fingerprint density at radius 3 is 2.53 bits per heavy atom. The van der Waals surface area contributed by atoms with Crippen LogP contribution in [0.5, 0.6) is 0 Å². The second-order valence-electron chi connectivity index (χ2n) is 8.59. The molecule has 7 heteroatoms. The van der Waals surface area contributed by atoms with Crippen LogP contribution in [0, 0.1) is 11.7 Å². The number of hydrogen-bond acceptors (Lipinski definition) is 3. The molecule has 0 bridgehead atoms. The molecule has 32 heavy (non-hydrogen) atoms. The molecule has 0 aliphatic carbocycles. The molecule has 1 aromatic heterocycles. The second-order valence-corrected chi connectivity index (χ2v) is 8.59. The molecule has 1 aliphatic heterocycles. The molecule has 4 rings (SSSR count). The van der Waals surface area contributed by atoms with Crippen molar-refractivity contribution in [3.63, 3.8) is 0 Å². The molecule has 1 N–H and O–H groups in total. The van der Waals surface area contributed by atoms with Gasteiger partial charge in [-0.1, -0.05) is 38.1 Å². The third kappa shape index (κ3) is 4.15. The van der Waals surface area contributed by atoms with Crippen molar-refractivity contribution in [3.8, 4) is 0 Å². The van der Waals surface area contributed by atoms with Crippen molar-refractivity contribution < 1.29 is 18.8 Å². The van der Waals surface area contributed by atoms with E-state index < -0.39 is 17.5 Å². The molecule has 6 nitrogen and oxygen atoms in total. The van der Waals surface area contributed by atoms with E-state index in [4.69, 9.17) is 0 Å². The number of H-pyrrole nitrogens is 1. The minimum absolute atomic E-state index is 0.0363. The number of ketones is 1. The zero-order valence-electron chi connectivity index (χ0n) is 18.2. The van der Waals surface area contributed by atoms with E-state index in [-0.39, 0.29) is 35.4 Å². The Labute approximate surface area is 186 Å². The van der Waals surface area contributed by atoms with Crippen LogP contribution >= 0.6 is 0 Å². The Hall–Kier alpha value is -3.48. The standard InChI is InChI=1S/C25H26FN3O3/c1-16(2)13-18-15-28(24(31)17-7-4-3-5-8-17)11-12-29(18)25(32)23(30)19-14-27-21-10-6-9-20(26)22(19)21/h3-10,14,16,18,27H,11-13,15H2,1-2H3. The summed E-state index contributed by atoms with van der Waals surface area (Å²) in [6.45, 7) is 5.02. The van der Waals surface area contributed by atoms with Crippen LogP contribution in [0.3, 0.4) is 0 Å². The predicted octanol–water partition coefficient (Wildman–Crippen LogP) is 3.89. The number of hydrogen-bond donors (Lipinski definition) is 1. The number of halogens is 1. The molecule has 0 radical (unpaired) electrons. The van der Waals surface area contributed by atoms with Crippen LogP contribution in [0.15, 0.2) is 54.7 Å². The highest BCUT2D eigenvalue weighted by molar-refractivity contribution is 6.45. The largest absolute Gasteiger partial charge is 0.360 e. The van der Waals surface area contributed by atoms with E-state index in [1.54, 1.807) is 34.1 Å². The van der Waals surface area contributed by atoms with E-state index in [1.165, 1.54) is 12.3 Å². The first kappa shape index (κ1) is 21.7. The first-order chi connectivity index (χ1) is 15.4. The summed E-state index contributed by atoms with van der Waals surface area (Å²) in [6.07, 6.45) is 2.04. The molecule has 0 spiro atoms. The second kappa shape index (κ2) is 8.94. The number of piperazine rings is 1. The monoisotopic (exact) mass is 435 g/mol. The fraction of sp³-hybridized carbons (Fsp3) is 0.320. The van der Waals surface area contributed by atoms with Crippen LogP contribution in [0.2, 0.25) is 0 Å². The number of benzene rings is 2. The molecule has 1 unspecified atom stereocenters. The molecule has 1 fully saturated rings. The molecular weight excluding hydrogens is 409 g/mol. The molecule has 3 aromatic rings. The quantitative estimate of drug-likeness (QED) is 0.488. The smallest absolute Gasteiger partial charge is 0.295 e. The van der Waals surface area contributed by atoms with E-state index >= 15 is 0 Å². The van der Waals surface area contributed by atoms with E-state index in [0.717, 1.165) is 0 Å².